The molecule has 0 aliphatic heterocycles. The predicted octanol–water partition coefficient (Wildman–Crippen LogP) is 3.86. The highest BCUT2D eigenvalue weighted by Crippen LogP contribution is 2.27. The minimum absolute atomic E-state index is 0. The van der Waals surface area contributed by atoms with Crippen LogP contribution in [0, 0.1) is 0 Å². The third kappa shape index (κ3) is 7.74. The lowest BCUT2D eigenvalue weighted by Gasteiger charge is -2.12. The van der Waals surface area contributed by atoms with Crippen LogP contribution in [0.3, 0.4) is 0 Å². The number of aromatic nitrogens is 2. The molecule has 2 N–H and O–H groups in total. The zero-order chi connectivity index (χ0) is 21.9. The fraction of sp³-hybridized carbons (Fsp3) is 0.333. The Kier molecular flexibility index (Phi) is 10.9. The summed E-state index contributed by atoms with van der Waals surface area (Å²) in [5.41, 5.74) is 3.47. The van der Waals surface area contributed by atoms with Crippen LogP contribution in [-0.4, -0.2) is 43.0 Å². The topological polar surface area (TPSA) is 72.7 Å². The van der Waals surface area contributed by atoms with Crippen molar-refractivity contribution in [2.75, 3.05) is 27.3 Å². The van der Waals surface area contributed by atoms with Gasteiger partial charge in [-0.15, -0.1) is 24.0 Å². The van der Waals surface area contributed by atoms with Crippen LogP contribution in [0.5, 0.6) is 11.5 Å². The average molecular weight is 549 g/mol. The minimum Gasteiger partial charge on any atom is -0.493 e. The summed E-state index contributed by atoms with van der Waals surface area (Å²) < 4.78 is 12.6. The Hall–Kier alpha value is -2.75. The zero-order valence-electron chi connectivity index (χ0n) is 18.9. The summed E-state index contributed by atoms with van der Waals surface area (Å²) in [7, 11) is 3.29. The summed E-state index contributed by atoms with van der Waals surface area (Å²) in [6, 6.07) is 16.3. The van der Waals surface area contributed by atoms with E-state index in [2.05, 4.69) is 34.8 Å². The van der Waals surface area contributed by atoms with E-state index in [1.54, 1.807) is 14.2 Å². The summed E-state index contributed by atoms with van der Waals surface area (Å²) in [5, 5.41) is 11.1. The number of guanidine groups is 1. The Morgan fingerprint density at radius 1 is 0.969 bits per heavy atom. The maximum absolute atomic E-state index is 5.38. The molecule has 7 nitrogen and oxygen atoms in total. The highest BCUT2D eigenvalue weighted by Gasteiger charge is 2.05. The summed E-state index contributed by atoms with van der Waals surface area (Å²) in [5.74, 6) is 2.27. The van der Waals surface area contributed by atoms with E-state index in [1.165, 1.54) is 11.1 Å². The van der Waals surface area contributed by atoms with Crippen LogP contribution in [0.25, 0.3) is 0 Å². The molecule has 0 amide bonds. The van der Waals surface area contributed by atoms with Gasteiger partial charge in [0.15, 0.2) is 17.5 Å². The average Bonchev–Trinajstić information content (AvgIpc) is 3.25. The highest BCUT2D eigenvalue weighted by atomic mass is 127. The summed E-state index contributed by atoms with van der Waals surface area (Å²) in [6.07, 6.45) is 4.77. The van der Waals surface area contributed by atoms with Gasteiger partial charge in [0.1, 0.15) is 0 Å². The van der Waals surface area contributed by atoms with Crippen molar-refractivity contribution in [3.8, 4) is 11.5 Å². The standard InChI is InChI=1S/C24H31N5O2.HI/c1-4-25-24(26-13-12-19-10-11-22(30-2)23(14-19)31-3)27-15-21-16-28-29(18-21)17-20-8-6-5-7-9-20;/h5-11,14,16,18H,4,12-13,15,17H2,1-3H3,(H2,25,26,27);1H. The molecule has 1 heterocycles. The van der Waals surface area contributed by atoms with E-state index in [0.29, 0.717) is 6.54 Å². The summed E-state index contributed by atoms with van der Waals surface area (Å²) in [4.78, 5) is 4.69. The van der Waals surface area contributed by atoms with Gasteiger partial charge in [0.2, 0.25) is 0 Å². The number of rotatable bonds is 10. The van der Waals surface area contributed by atoms with E-state index >= 15 is 0 Å². The smallest absolute Gasteiger partial charge is 0.191 e. The van der Waals surface area contributed by atoms with Crippen molar-refractivity contribution < 1.29 is 9.47 Å². The molecule has 0 radical (unpaired) electrons. The molecule has 0 aliphatic carbocycles. The first-order chi connectivity index (χ1) is 15.2. The van der Waals surface area contributed by atoms with E-state index in [9.17, 15) is 0 Å². The normalized spacial score (nSPS) is 10.9. The molecule has 2 aromatic carbocycles. The van der Waals surface area contributed by atoms with Gasteiger partial charge >= 0.3 is 0 Å². The van der Waals surface area contributed by atoms with Crippen molar-refractivity contribution in [3.63, 3.8) is 0 Å². The number of halogens is 1. The van der Waals surface area contributed by atoms with E-state index < -0.39 is 0 Å². The van der Waals surface area contributed by atoms with Gasteiger partial charge in [-0.2, -0.15) is 5.10 Å². The van der Waals surface area contributed by atoms with Crippen LogP contribution >= 0.6 is 24.0 Å². The molecule has 0 spiro atoms. The molecular weight excluding hydrogens is 517 g/mol. The van der Waals surface area contributed by atoms with E-state index in [-0.39, 0.29) is 24.0 Å². The van der Waals surface area contributed by atoms with Gasteiger partial charge in [-0.3, -0.25) is 4.68 Å². The van der Waals surface area contributed by atoms with Gasteiger partial charge in [0, 0.05) is 24.8 Å². The first-order valence-corrected chi connectivity index (χ1v) is 10.5. The lowest BCUT2D eigenvalue weighted by Crippen LogP contribution is -2.38. The Morgan fingerprint density at radius 3 is 2.47 bits per heavy atom. The molecule has 1 aromatic heterocycles. The third-order valence-electron chi connectivity index (χ3n) is 4.79. The molecule has 0 bridgehead atoms. The van der Waals surface area contributed by atoms with E-state index in [1.807, 2.05) is 53.5 Å². The monoisotopic (exact) mass is 549 g/mol. The molecular formula is C24H32IN5O2. The molecule has 0 unspecified atom stereocenters. The molecule has 0 atom stereocenters. The molecule has 3 aromatic rings. The molecule has 3 rings (SSSR count). The van der Waals surface area contributed by atoms with Gasteiger partial charge in [-0.1, -0.05) is 36.4 Å². The number of hydrogen-bond acceptors (Lipinski definition) is 4. The summed E-state index contributed by atoms with van der Waals surface area (Å²) in [6.45, 7) is 4.95. The number of nitrogens with one attached hydrogen (secondary N) is 2. The van der Waals surface area contributed by atoms with Crippen molar-refractivity contribution in [2.24, 2.45) is 4.99 Å². The number of benzene rings is 2. The van der Waals surface area contributed by atoms with Gasteiger partial charge in [-0.25, -0.2) is 4.99 Å². The predicted molar refractivity (Wildman–Crippen MR) is 139 cm³/mol. The van der Waals surface area contributed by atoms with Crippen molar-refractivity contribution >= 4 is 29.9 Å². The molecule has 32 heavy (non-hydrogen) atoms. The number of methoxy groups -OCH3 is 2. The SMILES string of the molecule is CCNC(=NCc1cnn(Cc2ccccc2)c1)NCCc1ccc(OC)c(OC)c1.I. The molecule has 0 saturated carbocycles. The lowest BCUT2D eigenvalue weighted by molar-refractivity contribution is 0.354. The van der Waals surface area contributed by atoms with Crippen molar-refractivity contribution in [3.05, 3.63) is 77.6 Å². The minimum atomic E-state index is 0. The molecule has 8 heteroatoms. The molecule has 0 saturated heterocycles. The Morgan fingerprint density at radius 2 is 1.75 bits per heavy atom. The van der Waals surface area contributed by atoms with Crippen molar-refractivity contribution in [1.29, 1.82) is 0 Å². The third-order valence-corrected chi connectivity index (χ3v) is 4.79. The Balaban J connectivity index is 0.00000363. The highest BCUT2D eigenvalue weighted by molar-refractivity contribution is 14.0. The fourth-order valence-corrected chi connectivity index (χ4v) is 3.22. The van der Waals surface area contributed by atoms with Crippen LogP contribution in [0.1, 0.15) is 23.6 Å². The van der Waals surface area contributed by atoms with Crippen LogP contribution in [0.15, 0.2) is 65.9 Å². The number of ether oxygens (including phenoxy) is 2. The quantitative estimate of drug-likeness (QED) is 0.228. The lowest BCUT2D eigenvalue weighted by atomic mass is 10.1. The van der Waals surface area contributed by atoms with Gasteiger partial charge in [0.05, 0.1) is 33.5 Å². The number of nitrogens with zero attached hydrogens (tertiary/aromatic N) is 3. The Labute approximate surface area is 207 Å². The van der Waals surface area contributed by atoms with Gasteiger partial charge in [0.25, 0.3) is 0 Å². The van der Waals surface area contributed by atoms with E-state index in [0.717, 1.165) is 49.1 Å². The maximum atomic E-state index is 5.38. The van der Waals surface area contributed by atoms with Crippen LogP contribution < -0.4 is 20.1 Å². The summed E-state index contributed by atoms with van der Waals surface area (Å²) >= 11 is 0. The number of hydrogen-bond donors (Lipinski definition) is 2. The van der Waals surface area contributed by atoms with Crippen LogP contribution in [0.2, 0.25) is 0 Å². The first kappa shape index (κ1) is 25.5. The van der Waals surface area contributed by atoms with Crippen molar-refractivity contribution in [1.82, 2.24) is 20.4 Å². The van der Waals surface area contributed by atoms with Crippen LogP contribution in [0.4, 0.5) is 0 Å². The zero-order valence-corrected chi connectivity index (χ0v) is 21.2. The van der Waals surface area contributed by atoms with Crippen LogP contribution in [-0.2, 0) is 19.5 Å². The molecule has 0 aliphatic rings. The maximum Gasteiger partial charge on any atom is 0.191 e. The molecule has 172 valence electrons. The molecule has 0 fully saturated rings. The fourth-order valence-electron chi connectivity index (χ4n) is 3.22. The van der Waals surface area contributed by atoms with E-state index in [4.69, 9.17) is 14.5 Å². The Bertz CT molecular complexity index is 976. The van der Waals surface area contributed by atoms with Gasteiger partial charge < -0.3 is 20.1 Å². The second-order valence-corrected chi connectivity index (χ2v) is 7.09. The van der Waals surface area contributed by atoms with Crippen molar-refractivity contribution in [2.45, 2.75) is 26.4 Å². The first-order valence-electron chi connectivity index (χ1n) is 10.5. The second kappa shape index (κ2) is 13.6. The second-order valence-electron chi connectivity index (χ2n) is 7.09. The van der Waals surface area contributed by atoms with Gasteiger partial charge in [-0.05, 0) is 36.6 Å². The largest absolute Gasteiger partial charge is 0.493 e. The number of aliphatic imine (C=N–C) groups is 1.